The quantitative estimate of drug-likeness (QED) is 0.740. The lowest BCUT2D eigenvalue weighted by atomic mass is 10.1. The third-order valence-corrected chi connectivity index (χ3v) is 4.30. The van der Waals surface area contributed by atoms with E-state index < -0.39 is 11.7 Å². The van der Waals surface area contributed by atoms with Gasteiger partial charge < -0.3 is 15.5 Å². The van der Waals surface area contributed by atoms with E-state index in [9.17, 15) is 18.8 Å². The predicted octanol–water partition coefficient (Wildman–Crippen LogP) is 3.47. The van der Waals surface area contributed by atoms with Crippen molar-refractivity contribution in [2.24, 2.45) is 0 Å². The van der Waals surface area contributed by atoms with Crippen LogP contribution in [0.2, 0.25) is 5.02 Å². The number of halogens is 2. The third kappa shape index (κ3) is 6.06. The number of carbonyl (C=O) groups excluding carboxylic acids is 3. The minimum atomic E-state index is -0.555. The summed E-state index contributed by atoms with van der Waals surface area (Å²) in [4.78, 5) is 37.1. The van der Waals surface area contributed by atoms with E-state index in [4.69, 9.17) is 11.6 Å². The summed E-state index contributed by atoms with van der Waals surface area (Å²) in [7, 11) is 0. The average Bonchev–Trinajstić information content (AvgIpc) is 2.64. The first-order valence-electron chi connectivity index (χ1n) is 8.68. The molecule has 2 N–H and O–H groups in total. The summed E-state index contributed by atoms with van der Waals surface area (Å²) in [6.07, 6.45) is -0.224. The number of anilines is 2. The van der Waals surface area contributed by atoms with Gasteiger partial charge in [0.15, 0.2) is 0 Å². The molecule has 8 heteroatoms. The predicted molar refractivity (Wildman–Crippen MR) is 107 cm³/mol. The summed E-state index contributed by atoms with van der Waals surface area (Å²) in [6, 6.07) is 10.8. The van der Waals surface area contributed by atoms with Crippen LogP contribution in [0.15, 0.2) is 42.5 Å². The van der Waals surface area contributed by atoms with Crippen LogP contribution >= 0.6 is 11.6 Å². The van der Waals surface area contributed by atoms with Gasteiger partial charge in [-0.1, -0.05) is 17.7 Å². The second-order valence-corrected chi connectivity index (χ2v) is 6.50. The number of rotatable bonds is 7. The summed E-state index contributed by atoms with van der Waals surface area (Å²) in [5.41, 5.74) is 1.25. The van der Waals surface area contributed by atoms with Crippen molar-refractivity contribution >= 4 is 40.7 Å². The second kappa shape index (κ2) is 9.85. The molecule has 2 aromatic carbocycles. The lowest BCUT2D eigenvalue weighted by Gasteiger charge is -2.21. The van der Waals surface area contributed by atoms with Crippen molar-refractivity contribution in [1.82, 2.24) is 4.90 Å². The van der Waals surface area contributed by atoms with Gasteiger partial charge >= 0.3 is 0 Å². The van der Waals surface area contributed by atoms with E-state index in [1.54, 1.807) is 31.2 Å². The van der Waals surface area contributed by atoms with Crippen molar-refractivity contribution in [2.45, 2.75) is 20.3 Å². The van der Waals surface area contributed by atoms with Crippen LogP contribution in [0.25, 0.3) is 0 Å². The summed E-state index contributed by atoms with van der Waals surface area (Å²) in [6.45, 7) is 3.26. The van der Waals surface area contributed by atoms with E-state index in [-0.39, 0.29) is 35.4 Å². The minimum Gasteiger partial charge on any atom is -0.333 e. The van der Waals surface area contributed by atoms with Crippen LogP contribution in [-0.2, 0) is 20.8 Å². The highest BCUT2D eigenvalue weighted by atomic mass is 35.5. The Morgan fingerprint density at radius 2 is 1.64 bits per heavy atom. The highest BCUT2D eigenvalue weighted by Crippen LogP contribution is 2.20. The van der Waals surface area contributed by atoms with Crippen LogP contribution < -0.4 is 10.6 Å². The molecule has 2 aromatic rings. The first-order valence-corrected chi connectivity index (χ1v) is 9.06. The number of nitrogens with zero attached hydrogens (tertiary/aromatic N) is 1. The lowest BCUT2D eigenvalue weighted by molar-refractivity contribution is -0.133. The Hall–Kier alpha value is -2.93. The van der Waals surface area contributed by atoms with Crippen molar-refractivity contribution in [3.63, 3.8) is 0 Å². The summed E-state index contributed by atoms with van der Waals surface area (Å²) < 4.78 is 13.9. The van der Waals surface area contributed by atoms with Crippen molar-refractivity contribution in [1.29, 1.82) is 0 Å². The van der Waals surface area contributed by atoms with Gasteiger partial charge in [0.1, 0.15) is 5.82 Å². The molecule has 148 valence electrons. The number of benzene rings is 2. The van der Waals surface area contributed by atoms with Gasteiger partial charge in [0.2, 0.25) is 17.7 Å². The van der Waals surface area contributed by atoms with E-state index >= 15 is 0 Å². The van der Waals surface area contributed by atoms with Crippen molar-refractivity contribution in [2.75, 3.05) is 23.7 Å². The zero-order valence-corrected chi connectivity index (χ0v) is 16.3. The second-order valence-electron chi connectivity index (χ2n) is 6.09. The van der Waals surface area contributed by atoms with E-state index in [1.807, 2.05) is 0 Å². The topological polar surface area (TPSA) is 78.5 Å². The molecule has 0 spiro atoms. The number of amides is 3. The molecule has 0 atom stereocenters. The molecule has 0 aromatic heterocycles. The molecule has 0 aliphatic rings. The smallest absolute Gasteiger partial charge is 0.243 e. The molecule has 0 heterocycles. The molecule has 0 bridgehead atoms. The fraction of sp³-hybridized carbons (Fsp3) is 0.250. The highest BCUT2D eigenvalue weighted by Gasteiger charge is 2.19. The summed E-state index contributed by atoms with van der Waals surface area (Å²) in [5, 5.41) is 5.49. The molecular formula is C20H21ClFN3O3. The van der Waals surface area contributed by atoms with E-state index in [0.29, 0.717) is 17.9 Å². The largest absolute Gasteiger partial charge is 0.333 e. The van der Waals surface area contributed by atoms with Crippen LogP contribution in [0, 0.1) is 5.82 Å². The Balaban J connectivity index is 1.96. The maximum absolute atomic E-state index is 13.9. The molecule has 6 nitrogen and oxygen atoms in total. The van der Waals surface area contributed by atoms with Crippen LogP contribution in [0.1, 0.15) is 19.4 Å². The molecule has 0 aliphatic carbocycles. The fourth-order valence-corrected chi connectivity index (χ4v) is 2.78. The average molecular weight is 406 g/mol. The van der Waals surface area contributed by atoms with Gasteiger partial charge in [-0.15, -0.1) is 0 Å². The van der Waals surface area contributed by atoms with Gasteiger partial charge in [-0.3, -0.25) is 14.4 Å². The SMILES string of the molecule is CCN(CC(=O)Nc1ccc(NC(C)=O)cc1)C(=O)Cc1c(F)cccc1Cl. The Morgan fingerprint density at radius 3 is 2.18 bits per heavy atom. The molecule has 0 saturated carbocycles. The Bertz CT molecular complexity index is 851. The van der Waals surface area contributed by atoms with Crippen LogP contribution in [0.5, 0.6) is 0 Å². The molecule has 0 aliphatic heterocycles. The molecule has 3 amide bonds. The number of hydrogen-bond acceptors (Lipinski definition) is 3. The first-order chi connectivity index (χ1) is 13.3. The third-order valence-electron chi connectivity index (χ3n) is 3.95. The van der Waals surface area contributed by atoms with Gasteiger partial charge in [0.05, 0.1) is 13.0 Å². The summed E-state index contributed by atoms with van der Waals surface area (Å²) in [5.74, 6) is -1.53. The van der Waals surface area contributed by atoms with Crippen molar-refractivity contribution in [3.8, 4) is 0 Å². The van der Waals surface area contributed by atoms with E-state index in [1.165, 1.54) is 30.0 Å². The first kappa shape index (κ1) is 21.4. The zero-order valence-electron chi connectivity index (χ0n) is 15.6. The summed E-state index contributed by atoms with van der Waals surface area (Å²) >= 11 is 5.96. The van der Waals surface area contributed by atoms with Crippen LogP contribution in [-0.4, -0.2) is 35.7 Å². The number of likely N-dealkylation sites (N-methyl/N-ethyl adjacent to an activating group) is 1. The monoisotopic (exact) mass is 405 g/mol. The normalized spacial score (nSPS) is 10.3. The Kier molecular flexibility index (Phi) is 7.52. The molecule has 0 fully saturated rings. The molecule has 28 heavy (non-hydrogen) atoms. The number of carbonyl (C=O) groups is 3. The van der Waals surface area contributed by atoms with Gasteiger partial charge in [-0.25, -0.2) is 4.39 Å². The van der Waals surface area contributed by atoms with Crippen LogP contribution in [0.3, 0.4) is 0 Å². The Morgan fingerprint density at radius 1 is 1.04 bits per heavy atom. The van der Waals surface area contributed by atoms with Gasteiger partial charge in [-0.05, 0) is 43.3 Å². The van der Waals surface area contributed by atoms with Gasteiger partial charge in [0, 0.05) is 35.4 Å². The fourth-order valence-electron chi connectivity index (χ4n) is 2.55. The van der Waals surface area contributed by atoms with Crippen molar-refractivity contribution < 1.29 is 18.8 Å². The molecule has 0 unspecified atom stereocenters. The maximum Gasteiger partial charge on any atom is 0.243 e. The van der Waals surface area contributed by atoms with Gasteiger partial charge in [0.25, 0.3) is 0 Å². The highest BCUT2D eigenvalue weighted by molar-refractivity contribution is 6.31. The molecule has 2 rings (SSSR count). The Labute approximate surface area is 167 Å². The van der Waals surface area contributed by atoms with E-state index in [0.717, 1.165) is 0 Å². The maximum atomic E-state index is 13.9. The minimum absolute atomic E-state index is 0.113. The van der Waals surface area contributed by atoms with Gasteiger partial charge in [-0.2, -0.15) is 0 Å². The lowest BCUT2D eigenvalue weighted by Crippen LogP contribution is -2.38. The molecule has 0 saturated heterocycles. The number of hydrogen-bond donors (Lipinski definition) is 2. The molecular weight excluding hydrogens is 385 g/mol. The van der Waals surface area contributed by atoms with E-state index in [2.05, 4.69) is 10.6 Å². The molecule has 0 radical (unpaired) electrons. The van der Waals surface area contributed by atoms with Crippen molar-refractivity contribution in [3.05, 3.63) is 58.9 Å². The standard InChI is InChI=1S/C20H21ClFN3O3/c1-3-25(20(28)11-16-17(21)5-4-6-18(16)22)12-19(27)24-15-9-7-14(8-10-15)23-13(2)26/h4-10H,3,11-12H2,1-2H3,(H,23,26)(H,24,27). The van der Waals surface area contributed by atoms with Crippen LogP contribution in [0.4, 0.5) is 15.8 Å². The number of nitrogens with one attached hydrogen (secondary N) is 2. The zero-order chi connectivity index (χ0) is 20.7.